The van der Waals surface area contributed by atoms with Gasteiger partial charge in [-0.25, -0.2) is 9.78 Å². The van der Waals surface area contributed by atoms with Gasteiger partial charge < -0.3 is 19.6 Å². The predicted octanol–water partition coefficient (Wildman–Crippen LogP) is 2.32. The molecule has 0 aliphatic carbocycles. The maximum absolute atomic E-state index is 12.6. The molecule has 0 aromatic carbocycles. The van der Waals surface area contributed by atoms with Crippen LogP contribution in [-0.4, -0.2) is 65.0 Å². The molecular weight excluding hydrogens is 394 g/mol. The summed E-state index contributed by atoms with van der Waals surface area (Å²) in [6.07, 6.45) is -0.867. The van der Waals surface area contributed by atoms with Gasteiger partial charge in [0.25, 0.3) is 5.56 Å². The second kappa shape index (κ2) is 10.3. The van der Waals surface area contributed by atoms with Crippen LogP contribution >= 0.6 is 11.3 Å². The quantitative estimate of drug-likeness (QED) is 0.563. The van der Waals surface area contributed by atoms with E-state index in [1.165, 1.54) is 0 Å². The first-order chi connectivity index (χ1) is 13.6. The maximum Gasteiger partial charge on any atom is 0.348 e. The maximum atomic E-state index is 12.6. The predicted molar refractivity (Wildman–Crippen MR) is 114 cm³/mol. The van der Waals surface area contributed by atoms with Gasteiger partial charge in [0.05, 0.1) is 30.7 Å². The average molecular weight is 426 g/mol. The molecule has 0 fully saturated rings. The lowest BCUT2D eigenvalue weighted by Crippen LogP contribution is -2.33. The number of fused-ring (bicyclic) bond motifs is 1. The number of ether oxygens (including phenoxy) is 2. The summed E-state index contributed by atoms with van der Waals surface area (Å²) in [6.45, 7) is 11.0. The van der Waals surface area contributed by atoms with Gasteiger partial charge in [0.1, 0.15) is 15.5 Å². The molecular formula is C20H31N3O5S. The number of likely N-dealkylation sites (N-methyl/N-ethyl adjacent to an activating group) is 1. The highest BCUT2D eigenvalue weighted by Gasteiger charge is 2.21. The minimum absolute atomic E-state index is 0.237. The van der Waals surface area contributed by atoms with Gasteiger partial charge >= 0.3 is 5.97 Å². The monoisotopic (exact) mass is 425 g/mol. The third kappa shape index (κ3) is 6.60. The summed E-state index contributed by atoms with van der Waals surface area (Å²) in [4.78, 5) is 34.9. The molecule has 2 rings (SSSR count). The van der Waals surface area contributed by atoms with Gasteiger partial charge in [-0.3, -0.25) is 9.69 Å². The number of aliphatic hydroxyl groups is 1. The Morgan fingerprint density at radius 2 is 1.97 bits per heavy atom. The van der Waals surface area contributed by atoms with Crippen molar-refractivity contribution in [2.24, 2.45) is 5.92 Å². The number of aliphatic hydroxyl groups excluding tert-OH is 1. The van der Waals surface area contributed by atoms with Crippen LogP contribution in [0.3, 0.4) is 0 Å². The second-order valence-electron chi connectivity index (χ2n) is 7.98. The fourth-order valence-corrected chi connectivity index (χ4v) is 3.98. The molecule has 2 aromatic rings. The molecule has 0 spiro atoms. The summed E-state index contributed by atoms with van der Waals surface area (Å²) in [7, 11) is 1.83. The van der Waals surface area contributed by atoms with Crippen molar-refractivity contribution in [3.05, 3.63) is 26.6 Å². The zero-order valence-electron chi connectivity index (χ0n) is 17.9. The van der Waals surface area contributed by atoms with E-state index in [1.807, 2.05) is 11.9 Å². The smallest absolute Gasteiger partial charge is 0.348 e. The SMILES string of the molecule is Cc1c(C(=O)OC(C)C)sc2nc(CN(C)CC(O)COCC(C)C)[nH]c(=O)c12. The van der Waals surface area contributed by atoms with E-state index in [-0.39, 0.29) is 18.3 Å². The standard InChI is InChI=1S/C20H31N3O5S/c1-11(2)9-27-10-14(24)7-23(6)8-15-21-18(25)16-13(5)17(29-19(16)22-15)20(26)28-12(3)4/h11-12,14,24H,7-10H2,1-6H3,(H,21,22,25). The summed E-state index contributed by atoms with van der Waals surface area (Å²) in [5, 5.41) is 10.5. The summed E-state index contributed by atoms with van der Waals surface area (Å²) >= 11 is 1.16. The van der Waals surface area contributed by atoms with Crippen LogP contribution in [0.15, 0.2) is 4.79 Å². The van der Waals surface area contributed by atoms with Crippen molar-refractivity contribution in [2.45, 2.75) is 53.4 Å². The van der Waals surface area contributed by atoms with Crippen LogP contribution in [0.5, 0.6) is 0 Å². The molecule has 29 heavy (non-hydrogen) atoms. The third-order valence-corrected chi connectivity index (χ3v) is 5.25. The third-order valence-electron chi connectivity index (χ3n) is 4.08. The summed E-state index contributed by atoms with van der Waals surface area (Å²) < 4.78 is 10.7. The van der Waals surface area contributed by atoms with Crippen LogP contribution in [0.1, 0.15) is 48.8 Å². The number of carbonyl (C=O) groups is 1. The van der Waals surface area contributed by atoms with Crippen molar-refractivity contribution in [2.75, 3.05) is 26.8 Å². The van der Waals surface area contributed by atoms with E-state index in [1.54, 1.807) is 20.8 Å². The van der Waals surface area contributed by atoms with E-state index < -0.39 is 12.1 Å². The molecule has 1 unspecified atom stereocenters. The molecule has 0 saturated heterocycles. The van der Waals surface area contributed by atoms with Crippen molar-refractivity contribution in [1.82, 2.24) is 14.9 Å². The highest BCUT2D eigenvalue weighted by Crippen LogP contribution is 2.28. The van der Waals surface area contributed by atoms with E-state index in [0.29, 0.717) is 52.1 Å². The van der Waals surface area contributed by atoms with Gasteiger partial charge in [-0.05, 0) is 39.3 Å². The zero-order chi connectivity index (χ0) is 21.7. The van der Waals surface area contributed by atoms with Gasteiger partial charge in [-0.2, -0.15) is 0 Å². The van der Waals surface area contributed by atoms with E-state index >= 15 is 0 Å². The van der Waals surface area contributed by atoms with Crippen LogP contribution in [0.25, 0.3) is 10.2 Å². The Kier molecular flexibility index (Phi) is 8.33. The number of nitrogens with one attached hydrogen (secondary N) is 1. The lowest BCUT2D eigenvalue weighted by molar-refractivity contribution is 0.0106. The van der Waals surface area contributed by atoms with Crippen LogP contribution in [-0.2, 0) is 16.0 Å². The number of aromatic amines is 1. The summed E-state index contributed by atoms with van der Waals surface area (Å²) in [5.41, 5.74) is 0.304. The second-order valence-corrected chi connectivity index (χ2v) is 8.98. The Labute approximate surface area is 174 Å². The van der Waals surface area contributed by atoms with Gasteiger partial charge in [0, 0.05) is 13.2 Å². The Morgan fingerprint density at radius 1 is 1.28 bits per heavy atom. The minimum atomic E-state index is -0.629. The molecule has 2 heterocycles. The number of hydrogen-bond acceptors (Lipinski definition) is 8. The number of aromatic nitrogens is 2. The van der Waals surface area contributed by atoms with Crippen molar-refractivity contribution >= 4 is 27.5 Å². The first-order valence-corrected chi connectivity index (χ1v) is 10.6. The van der Waals surface area contributed by atoms with Crippen LogP contribution in [0.4, 0.5) is 0 Å². The molecule has 0 aliphatic heterocycles. The minimum Gasteiger partial charge on any atom is -0.459 e. The zero-order valence-corrected chi connectivity index (χ0v) is 18.8. The first-order valence-electron chi connectivity index (χ1n) is 9.76. The van der Waals surface area contributed by atoms with E-state index in [4.69, 9.17) is 9.47 Å². The fraction of sp³-hybridized carbons (Fsp3) is 0.650. The van der Waals surface area contributed by atoms with Gasteiger partial charge in [-0.1, -0.05) is 13.8 Å². The lowest BCUT2D eigenvalue weighted by atomic mass is 10.2. The number of aryl methyl sites for hydroxylation is 1. The van der Waals surface area contributed by atoms with Crippen molar-refractivity contribution in [3.8, 4) is 0 Å². The Bertz CT molecular complexity index is 890. The molecule has 0 aliphatic rings. The Morgan fingerprint density at radius 3 is 2.59 bits per heavy atom. The number of carbonyl (C=O) groups excluding carboxylic acids is 1. The first kappa shape index (κ1) is 23.5. The molecule has 2 aromatic heterocycles. The number of rotatable bonds is 10. The lowest BCUT2D eigenvalue weighted by Gasteiger charge is -2.20. The number of thiophene rings is 1. The normalized spacial score (nSPS) is 13.0. The molecule has 162 valence electrons. The Hall–Kier alpha value is -1.81. The van der Waals surface area contributed by atoms with Crippen LogP contribution < -0.4 is 5.56 Å². The van der Waals surface area contributed by atoms with Crippen LogP contribution in [0, 0.1) is 12.8 Å². The highest BCUT2D eigenvalue weighted by molar-refractivity contribution is 7.20. The number of H-pyrrole nitrogens is 1. The summed E-state index contributed by atoms with van der Waals surface area (Å²) in [5.74, 6) is 0.450. The summed E-state index contributed by atoms with van der Waals surface area (Å²) in [6, 6.07) is 0. The molecule has 9 heteroatoms. The van der Waals surface area contributed by atoms with Gasteiger partial charge in [0.15, 0.2) is 0 Å². The molecule has 0 radical (unpaired) electrons. The van der Waals surface area contributed by atoms with Gasteiger partial charge in [0.2, 0.25) is 0 Å². The molecule has 8 nitrogen and oxygen atoms in total. The Balaban J connectivity index is 2.10. The number of esters is 1. The van der Waals surface area contributed by atoms with E-state index in [0.717, 1.165) is 11.3 Å². The van der Waals surface area contributed by atoms with Gasteiger partial charge in [-0.15, -0.1) is 11.3 Å². The highest BCUT2D eigenvalue weighted by atomic mass is 32.1. The largest absolute Gasteiger partial charge is 0.459 e. The molecule has 0 amide bonds. The van der Waals surface area contributed by atoms with Crippen molar-refractivity contribution in [1.29, 1.82) is 0 Å². The molecule has 1 atom stereocenters. The number of hydrogen-bond donors (Lipinski definition) is 2. The number of nitrogens with zero attached hydrogens (tertiary/aromatic N) is 2. The molecule has 2 N–H and O–H groups in total. The fourth-order valence-electron chi connectivity index (χ4n) is 2.90. The van der Waals surface area contributed by atoms with Crippen molar-refractivity contribution in [3.63, 3.8) is 0 Å². The average Bonchev–Trinajstić information content (AvgIpc) is 2.90. The molecule has 0 saturated carbocycles. The van der Waals surface area contributed by atoms with E-state index in [9.17, 15) is 14.7 Å². The van der Waals surface area contributed by atoms with Crippen LogP contribution in [0.2, 0.25) is 0 Å². The van der Waals surface area contributed by atoms with E-state index in [2.05, 4.69) is 23.8 Å². The van der Waals surface area contributed by atoms with Crippen molar-refractivity contribution < 1.29 is 19.4 Å². The molecule has 0 bridgehead atoms. The topological polar surface area (TPSA) is 105 Å².